The molecule has 1 amide bonds. The van der Waals surface area contributed by atoms with E-state index in [2.05, 4.69) is 4.98 Å². The molecule has 1 aliphatic rings. The highest BCUT2D eigenvalue weighted by Crippen LogP contribution is 2.39. The molecule has 1 fully saturated rings. The van der Waals surface area contributed by atoms with Crippen molar-refractivity contribution in [3.8, 4) is 0 Å². The van der Waals surface area contributed by atoms with Gasteiger partial charge in [0.15, 0.2) is 0 Å². The van der Waals surface area contributed by atoms with E-state index in [1.807, 2.05) is 13.0 Å². The average Bonchev–Trinajstić information content (AvgIpc) is 3.21. The summed E-state index contributed by atoms with van der Waals surface area (Å²) in [6.07, 6.45) is 5.12. The number of pyridine rings is 1. The highest BCUT2D eigenvalue weighted by Gasteiger charge is 2.27. The van der Waals surface area contributed by atoms with Crippen molar-refractivity contribution in [2.75, 3.05) is 18.6 Å². The first-order valence-electron chi connectivity index (χ1n) is 7.26. The molecule has 0 N–H and O–H groups in total. The Morgan fingerprint density at radius 3 is 2.67 bits per heavy atom. The van der Waals surface area contributed by atoms with Crippen LogP contribution in [0.25, 0.3) is 0 Å². The lowest BCUT2D eigenvalue weighted by atomic mass is 10.1. The van der Waals surface area contributed by atoms with Gasteiger partial charge in [-0.1, -0.05) is 0 Å². The number of aromatic nitrogens is 1. The summed E-state index contributed by atoms with van der Waals surface area (Å²) >= 11 is 0. The summed E-state index contributed by atoms with van der Waals surface area (Å²) in [5, 5.41) is 0. The maximum Gasteiger partial charge on any atom is 0.254 e. The summed E-state index contributed by atoms with van der Waals surface area (Å²) in [5.74, 6) is 0.340. The summed E-state index contributed by atoms with van der Waals surface area (Å²) in [6, 6.07) is 3.20. The highest BCUT2D eigenvalue weighted by molar-refractivity contribution is 7.90. The third-order valence-electron chi connectivity index (χ3n) is 3.70. The van der Waals surface area contributed by atoms with Gasteiger partial charge in [0.25, 0.3) is 5.91 Å². The lowest BCUT2D eigenvalue weighted by molar-refractivity contribution is 0.0719. The number of hydrogen-bond donors (Lipinski definition) is 0. The Bertz CT molecular complexity index is 624. The minimum atomic E-state index is -3.11. The Morgan fingerprint density at radius 2 is 2.14 bits per heavy atom. The standard InChI is InChI=1S/C15H22N2O3S/c1-4-17(11(2)10-21(3,19)20)15(18)13-7-8-16-14(9-13)12-5-6-12/h7-9,11-12H,4-6,10H2,1-3H3. The first-order valence-corrected chi connectivity index (χ1v) is 9.32. The van der Waals surface area contributed by atoms with Gasteiger partial charge in [-0.15, -0.1) is 0 Å². The van der Waals surface area contributed by atoms with Gasteiger partial charge in [-0.05, 0) is 38.8 Å². The summed E-state index contributed by atoms with van der Waals surface area (Å²) < 4.78 is 22.8. The van der Waals surface area contributed by atoms with E-state index in [4.69, 9.17) is 0 Å². The van der Waals surface area contributed by atoms with Crippen LogP contribution < -0.4 is 0 Å². The molecule has 1 heterocycles. The molecule has 1 aromatic heterocycles. The van der Waals surface area contributed by atoms with Crippen molar-refractivity contribution in [1.29, 1.82) is 0 Å². The molecule has 2 rings (SSSR count). The van der Waals surface area contributed by atoms with Crippen LogP contribution in [-0.2, 0) is 9.84 Å². The smallest absolute Gasteiger partial charge is 0.254 e. The normalized spacial score (nSPS) is 16.5. The van der Waals surface area contributed by atoms with Crippen molar-refractivity contribution >= 4 is 15.7 Å². The number of amides is 1. The molecule has 1 aromatic rings. The zero-order valence-corrected chi connectivity index (χ0v) is 13.6. The van der Waals surface area contributed by atoms with Crippen LogP contribution in [0.3, 0.4) is 0 Å². The van der Waals surface area contributed by atoms with E-state index in [0.29, 0.717) is 18.0 Å². The predicted octanol–water partition coefficient (Wildman–Crippen LogP) is 1.85. The van der Waals surface area contributed by atoms with Crippen molar-refractivity contribution in [2.45, 2.75) is 38.6 Å². The van der Waals surface area contributed by atoms with Gasteiger partial charge in [0.2, 0.25) is 0 Å². The average molecular weight is 310 g/mol. The molecule has 0 saturated heterocycles. The van der Waals surface area contributed by atoms with E-state index in [0.717, 1.165) is 18.5 Å². The van der Waals surface area contributed by atoms with Crippen LogP contribution >= 0.6 is 0 Å². The van der Waals surface area contributed by atoms with Gasteiger partial charge >= 0.3 is 0 Å². The van der Waals surface area contributed by atoms with Crippen LogP contribution in [0.15, 0.2) is 18.3 Å². The van der Waals surface area contributed by atoms with Gasteiger partial charge in [-0.2, -0.15) is 0 Å². The number of hydrogen-bond acceptors (Lipinski definition) is 4. The van der Waals surface area contributed by atoms with E-state index in [-0.39, 0.29) is 17.7 Å². The first kappa shape index (κ1) is 15.9. The minimum absolute atomic E-state index is 0.0207. The van der Waals surface area contributed by atoms with Gasteiger partial charge in [-0.3, -0.25) is 9.78 Å². The second-order valence-electron chi connectivity index (χ2n) is 5.78. The van der Waals surface area contributed by atoms with Gasteiger partial charge < -0.3 is 4.90 Å². The fourth-order valence-corrected chi connectivity index (χ4v) is 3.59. The molecule has 0 bridgehead atoms. The second kappa shape index (κ2) is 6.13. The number of sulfone groups is 1. The highest BCUT2D eigenvalue weighted by atomic mass is 32.2. The van der Waals surface area contributed by atoms with Gasteiger partial charge in [0, 0.05) is 42.2 Å². The van der Waals surface area contributed by atoms with Crippen molar-refractivity contribution in [3.63, 3.8) is 0 Å². The Kier molecular flexibility index (Phi) is 4.66. The Hall–Kier alpha value is -1.43. The number of carbonyl (C=O) groups excluding carboxylic acids is 1. The molecule has 1 saturated carbocycles. The zero-order valence-electron chi connectivity index (χ0n) is 12.7. The van der Waals surface area contributed by atoms with Gasteiger partial charge in [-0.25, -0.2) is 8.42 Å². The molecule has 0 radical (unpaired) electrons. The van der Waals surface area contributed by atoms with Gasteiger partial charge in [0.1, 0.15) is 9.84 Å². The molecule has 6 heteroatoms. The Morgan fingerprint density at radius 1 is 1.48 bits per heavy atom. The SMILES string of the molecule is CCN(C(=O)c1ccnc(C2CC2)c1)C(C)CS(C)(=O)=O. The third-order valence-corrected chi connectivity index (χ3v) is 4.79. The van der Waals surface area contributed by atoms with Crippen LogP contribution in [0, 0.1) is 0 Å². The van der Waals surface area contributed by atoms with Crippen LogP contribution in [0.1, 0.15) is 48.7 Å². The lowest BCUT2D eigenvalue weighted by Crippen LogP contribution is -2.42. The Balaban J connectivity index is 2.17. The molecule has 0 spiro atoms. The summed E-state index contributed by atoms with van der Waals surface area (Å²) in [5.41, 5.74) is 1.56. The first-order chi connectivity index (χ1) is 9.81. The maximum atomic E-state index is 12.6. The van der Waals surface area contributed by atoms with E-state index in [1.165, 1.54) is 6.26 Å². The van der Waals surface area contributed by atoms with Crippen LogP contribution in [0.2, 0.25) is 0 Å². The molecular weight excluding hydrogens is 288 g/mol. The summed E-state index contributed by atoms with van der Waals surface area (Å²) in [4.78, 5) is 18.5. The second-order valence-corrected chi connectivity index (χ2v) is 7.96. The topological polar surface area (TPSA) is 67.3 Å². The summed E-state index contributed by atoms with van der Waals surface area (Å²) in [6.45, 7) is 4.11. The van der Waals surface area contributed by atoms with Crippen LogP contribution in [-0.4, -0.2) is 48.8 Å². The summed E-state index contributed by atoms with van der Waals surface area (Å²) in [7, 11) is -3.11. The van der Waals surface area contributed by atoms with Gasteiger partial charge in [0.05, 0.1) is 5.75 Å². The fourth-order valence-electron chi connectivity index (χ4n) is 2.53. The molecule has 5 nitrogen and oxygen atoms in total. The minimum Gasteiger partial charge on any atom is -0.335 e. The van der Waals surface area contributed by atoms with Crippen LogP contribution in [0.5, 0.6) is 0 Å². The molecule has 116 valence electrons. The number of carbonyl (C=O) groups is 1. The predicted molar refractivity (Wildman–Crippen MR) is 82.1 cm³/mol. The number of nitrogens with zero attached hydrogens (tertiary/aromatic N) is 2. The quantitative estimate of drug-likeness (QED) is 0.804. The third kappa shape index (κ3) is 4.27. The van der Waals surface area contributed by atoms with E-state index in [9.17, 15) is 13.2 Å². The number of rotatable bonds is 6. The van der Waals surface area contributed by atoms with Crippen molar-refractivity contribution < 1.29 is 13.2 Å². The molecule has 21 heavy (non-hydrogen) atoms. The molecule has 1 atom stereocenters. The largest absolute Gasteiger partial charge is 0.335 e. The van der Waals surface area contributed by atoms with Crippen molar-refractivity contribution in [1.82, 2.24) is 9.88 Å². The van der Waals surface area contributed by atoms with Crippen LogP contribution in [0.4, 0.5) is 0 Å². The molecule has 1 aliphatic carbocycles. The maximum absolute atomic E-state index is 12.6. The van der Waals surface area contributed by atoms with E-state index < -0.39 is 9.84 Å². The van der Waals surface area contributed by atoms with Crippen molar-refractivity contribution in [2.24, 2.45) is 0 Å². The molecular formula is C15H22N2O3S. The Labute approximate surface area is 126 Å². The van der Waals surface area contributed by atoms with E-state index >= 15 is 0 Å². The molecule has 0 aliphatic heterocycles. The fraction of sp³-hybridized carbons (Fsp3) is 0.600. The molecule has 0 aromatic carbocycles. The lowest BCUT2D eigenvalue weighted by Gasteiger charge is -2.27. The monoisotopic (exact) mass is 310 g/mol. The molecule has 1 unspecified atom stereocenters. The zero-order chi connectivity index (χ0) is 15.6. The van der Waals surface area contributed by atoms with Crippen molar-refractivity contribution in [3.05, 3.63) is 29.6 Å². The van der Waals surface area contributed by atoms with E-state index in [1.54, 1.807) is 24.1 Å².